The Kier molecular flexibility index (Phi) is 5.62. The van der Waals surface area contributed by atoms with Gasteiger partial charge in [0.1, 0.15) is 11.6 Å². The molecular weight excluding hydrogens is 268 g/mol. The Bertz CT molecular complexity index is 378. The van der Waals surface area contributed by atoms with E-state index in [2.05, 4.69) is 12.2 Å². The van der Waals surface area contributed by atoms with Crippen molar-refractivity contribution in [1.29, 1.82) is 0 Å². The number of piperazine rings is 1. The van der Waals surface area contributed by atoms with E-state index in [1.54, 1.807) is 7.11 Å². The summed E-state index contributed by atoms with van der Waals surface area (Å²) in [5.74, 6) is 0.195. The summed E-state index contributed by atoms with van der Waals surface area (Å²) in [6.45, 7) is 3.43. The van der Waals surface area contributed by atoms with E-state index in [0.717, 1.165) is 51.4 Å². The molecule has 21 heavy (non-hydrogen) atoms. The van der Waals surface area contributed by atoms with Crippen LogP contribution in [0.4, 0.5) is 0 Å². The molecule has 2 aliphatic rings. The van der Waals surface area contributed by atoms with E-state index in [0.29, 0.717) is 13.2 Å². The van der Waals surface area contributed by atoms with Crippen molar-refractivity contribution in [1.82, 2.24) is 10.2 Å². The standard InChI is InChI=1S/C16H28N2O3/c1-3-8-13-14(19)17-16(9-4-5-10-16)15(20)18(13)11-6-7-12-21-2/h13H,3-12H2,1-2H3,(H,17,19). The van der Waals surface area contributed by atoms with Gasteiger partial charge in [0, 0.05) is 20.3 Å². The van der Waals surface area contributed by atoms with E-state index in [4.69, 9.17) is 4.74 Å². The van der Waals surface area contributed by atoms with Crippen LogP contribution in [0.3, 0.4) is 0 Å². The molecule has 1 saturated heterocycles. The summed E-state index contributed by atoms with van der Waals surface area (Å²) in [6.07, 6.45) is 7.13. The van der Waals surface area contributed by atoms with E-state index >= 15 is 0 Å². The number of hydrogen-bond acceptors (Lipinski definition) is 3. The first-order chi connectivity index (χ1) is 10.1. The summed E-state index contributed by atoms with van der Waals surface area (Å²) in [5.41, 5.74) is -0.595. The minimum atomic E-state index is -0.595. The third-order valence-corrected chi connectivity index (χ3v) is 4.73. The highest BCUT2D eigenvalue weighted by atomic mass is 16.5. The zero-order valence-electron chi connectivity index (χ0n) is 13.3. The molecule has 0 radical (unpaired) electrons. The third-order valence-electron chi connectivity index (χ3n) is 4.73. The normalized spacial score (nSPS) is 24.7. The van der Waals surface area contributed by atoms with Crippen LogP contribution >= 0.6 is 0 Å². The summed E-state index contributed by atoms with van der Waals surface area (Å²) in [5, 5.41) is 3.05. The van der Waals surface area contributed by atoms with Gasteiger partial charge in [-0.1, -0.05) is 26.2 Å². The van der Waals surface area contributed by atoms with Crippen LogP contribution in [0.2, 0.25) is 0 Å². The van der Waals surface area contributed by atoms with Gasteiger partial charge >= 0.3 is 0 Å². The number of amides is 2. The van der Waals surface area contributed by atoms with Gasteiger partial charge in [-0.3, -0.25) is 9.59 Å². The number of ether oxygens (including phenoxy) is 1. The van der Waals surface area contributed by atoms with Crippen molar-refractivity contribution in [3.05, 3.63) is 0 Å². The smallest absolute Gasteiger partial charge is 0.249 e. The number of carbonyl (C=O) groups is 2. The second-order valence-electron chi connectivity index (χ2n) is 6.28. The number of unbranched alkanes of at least 4 members (excludes halogenated alkanes) is 1. The van der Waals surface area contributed by atoms with Gasteiger partial charge in [-0.05, 0) is 32.1 Å². The number of rotatable bonds is 7. The molecule has 5 nitrogen and oxygen atoms in total. The zero-order chi connectivity index (χ0) is 15.3. The second-order valence-corrected chi connectivity index (χ2v) is 6.28. The maximum Gasteiger partial charge on any atom is 0.249 e. The minimum Gasteiger partial charge on any atom is -0.385 e. The van der Waals surface area contributed by atoms with Gasteiger partial charge in [0.15, 0.2) is 0 Å². The molecular formula is C16H28N2O3. The lowest BCUT2D eigenvalue weighted by atomic mass is 9.89. The van der Waals surface area contributed by atoms with Crippen LogP contribution in [0.25, 0.3) is 0 Å². The highest BCUT2D eigenvalue weighted by Crippen LogP contribution is 2.35. The quantitative estimate of drug-likeness (QED) is 0.729. The van der Waals surface area contributed by atoms with Crippen molar-refractivity contribution in [2.45, 2.75) is 69.9 Å². The monoisotopic (exact) mass is 296 g/mol. The Morgan fingerprint density at radius 2 is 2.00 bits per heavy atom. The van der Waals surface area contributed by atoms with Gasteiger partial charge in [-0.2, -0.15) is 0 Å². The van der Waals surface area contributed by atoms with Crippen LogP contribution in [-0.4, -0.2) is 48.6 Å². The number of nitrogens with zero attached hydrogens (tertiary/aromatic N) is 1. The summed E-state index contributed by atoms with van der Waals surface area (Å²) < 4.78 is 5.06. The Balaban J connectivity index is 2.08. The molecule has 1 aliphatic carbocycles. The molecule has 0 bridgehead atoms. The maximum atomic E-state index is 12.9. The molecule has 0 aromatic heterocycles. The summed E-state index contributed by atoms with van der Waals surface area (Å²) in [4.78, 5) is 27.2. The predicted octanol–water partition coefficient (Wildman–Crippen LogP) is 1.85. The maximum absolute atomic E-state index is 12.9. The van der Waals surface area contributed by atoms with Crippen LogP contribution in [0.1, 0.15) is 58.3 Å². The fourth-order valence-corrected chi connectivity index (χ4v) is 3.59. The minimum absolute atomic E-state index is 0.0464. The van der Waals surface area contributed by atoms with Gasteiger partial charge < -0.3 is 15.0 Å². The molecule has 2 fully saturated rings. The number of hydrogen-bond donors (Lipinski definition) is 1. The van der Waals surface area contributed by atoms with Crippen LogP contribution < -0.4 is 5.32 Å². The topological polar surface area (TPSA) is 58.6 Å². The van der Waals surface area contributed by atoms with E-state index in [1.807, 2.05) is 4.90 Å². The first-order valence-corrected chi connectivity index (χ1v) is 8.26. The number of carbonyl (C=O) groups excluding carboxylic acids is 2. The number of nitrogens with one attached hydrogen (secondary N) is 1. The van der Waals surface area contributed by atoms with Crippen molar-refractivity contribution in [3.63, 3.8) is 0 Å². The highest BCUT2D eigenvalue weighted by molar-refractivity contribution is 6.00. The zero-order valence-corrected chi connectivity index (χ0v) is 13.3. The molecule has 5 heteroatoms. The lowest BCUT2D eigenvalue weighted by Crippen LogP contribution is -2.69. The van der Waals surface area contributed by atoms with Crippen LogP contribution in [0, 0.1) is 0 Å². The molecule has 1 atom stereocenters. The average molecular weight is 296 g/mol. The molecule has 1 N–H and O–H groups in total. The third kappa shape index (κ3) is 3.39. The first-order valence-electron chi connectivity index (χ1n) is 8.26. The van der Waals surface area contributed by atoms with Gasteiger partial charge in [0.25, 0.3) is 0 Å². The van der Waals surface area contributed by atoms with Crippen molar-refractivity contribution in [2.75, 3.05) is 20.3 Å². The van der Waals surface area contributed by atoms with Gasteiger partial charge in [-0.15, -0.1) is 0 Å². The first kappa shape index (κ1) is 16.3. The largest absolute Gasteiger partial charge is 0.385 e. The second kappa shape index (κ2) is 7.25. The van der Waals surface area contributed by atoms with Gasteiger partial charge in [0.2, 0.25) is 11.8 Å². The summed E-state index contributed by atoms with van der Waals surface area (Å²) in [7, 11) is 1.69. The van der Waals surface area contributed by atoms with E-state index < -0.39 is 5.54 Å². The van der Waals surface area contributed by atoms with Gasteiger partial charge in [-0.25, -0.2) is 0 Å². The Morgan fingerprint density at radius 3 is 2.62 bits per heavy atom. The lowest BCUT2D eigenvalue weighted by molar-refractivity contribution is -0.155. The van der Waals surface area contributed by atoms with Crippen molar-refractivity contribution >= 4 is 11.8 Å². The SMILES string of the molecule is CCCC1C(=O)NC2(CCCC2)C(=O)N1CCCCOC. The highest BCUT2D eigenvalue weighted by Gasteiger charge is 2.51. The van der Waals surface area contributed by atoms with E-state index in [9.17, 15) is 9.59 Å². The predicted molar refractivity (Wildman–Crippen MR) is 80.9 cm³/mol. The molecule has 0 aromatic rings. The van der Waals surface area contributed by atoms with Crippen LogP contribution in [0.5, 0.6) is 0 Å². The Hall–Kier alpha value is -1.10. The molecule has 1 aliphatic heterocycles. The van der Waals surface area contributed by atoms with Crippen LogP contribution in [0.15, 0.2) is 0 Å². The average Bonchev–Trinajstić information content (AvgIpc) is 2.93. The number of methoxy groups -OCH3 is 1. The molecule has 1 spiro atoms. The fraction of sp³-hybridized carbons (Fsp3) is 0.875. The summed E-state index contributed by atoms with van der Waals surface area (Å²) in [6, 6.07) is -0.281. The van der Waals surface area contributed by atoms with Crippen LogP contribution in [-0.2, 0) is 14.3 Å². The van der Waals surface area contributed by atoms with Crippen molar-refractivity contribution < 1.29 is 14.3 Å². The molecule has 2 rings (SSSR count). The molecule has 1 unspecified atom stereocenters. The molecule has 120 valence electrons. The van der Waals surface area contributed by atoms with E-state index in [1.165, 1.54) is 0 Å². The Labute approximate surface area is 127 Å². The van der Waals surface area contributed by atoms with Gasteiger partial charge in [0.05, 0.1) is 0 Å². The summed E-state index contributed by atoms with van der Waals surface area (Å²) >= 11 is 0. The molecule has 1 heterocycles. The molecule has 0 aromatic carbocycles. The molecule has 2 amide bonds. The van der Waals surface area contributed by atoms with E-state index in [-0.39, 0.29) is 17.9 Å². The van der Waals surface area contributed by atoms with Crippen molar-refractivity contribution in [2.24, 2.45) is 0 Å². The lowest BCUT2D eigenvalue weighted by Gasteiger charge is -2.44. The molecule has 1 saturated carbocycles. The fourth-order valence-electron chi connectivity index (χ4n) is 3.59. The Morgan fingerprint density at radius 1 is 1.29 bits per heavy atom. The van der Waals surface area contributed by atoms with Crippen molar-refractivity contribution in [3.8, 4) is 0 Å².